The molecule has 0 aliphatic heterocycles. The highest BCUT2D eigenvalue weighted by molar-refractivity contribution is 7.09. The van der Waals surface area contributed by atoms with Gasteiger partial charge < -0.3 is 10.3 Å². The standard InChI is InChI=1S/C10H13N3OS/c1-13(7-9-3-2-4-15-9)6-8-5-10(11)12-14-8/h2-5H,6-7H2,1H3,(H2,11,12). The number of rotatable bonds is 4. The summed E-state index contributed by atoms with van der Waals surface area (Å²) in [4.78, 5) is 3.50. The SMILES string of the molecule is CN(Cc1cc(N)no1)Cc1cccs1. The lowest BCUT2D eigenvalue weighted by Crippen LogP contribution is -2.16. The van der Waals surface area contributed by atoms with E-state index in [1.54, 1.807) is 17.4 Å². The van der Waals surface area contributed by atoms with Gasteiger partial charge in [-0.25, -0.2) is 0 Å². The van der Waals surface area contributed by atoms with Crippen molar-refractivity contribution in [1.29, 1.82) is 0 Å². The fourth-order valence-electron chi connectivity index (χ4n) is 1.39. The second-order valence-electron chi connectivity index (χ2n) is 3.47. The van der Waals surface area contributed by atoms with E-state index in [1.807, 2.05) is 7.05 Å². The molecule has 0 saturated carbocycles. The Morgan fingerprint density at radius 3 is 3.00 bits per heavy atom. The first-order valence-electron chi connectivity index (χ1n) is 4.66. The first-order chi connectivity index (χ1) is 7.24. The molecule has 2 aromatic rings. The van der Waals surface area contributed by atoms with Crippen LogP contribution in [0, 0.1) is 0 Å². The summed E-state index contributed by atoms with van der Waals surface area (Å²) in [7, 11) is 2.04. The van der Waals surface area contributed by atoms with Gasteiger partial charge in [-0.1, -0.05) is 11.2 Å². The smallest absolute Gasteiger partial charge is 0.167 e. The normalized spacial score (nSPS) is 11.1. The fraction of sp³-hybridized carbons (Fsp3) is 0.300. The van der Waals surface area contributed by atoms with Gasteiger partial charge in [0.15, 0.2) is 11.6 Å². The molecular formula is C10H13N3OS. The highest BCUT2D eigenvalue weighted by atomic mass is 32.1. The lowest BCUT2D eigenvalue weighted by atomic mass is 10.4. The molecule has 5 heteroatoms. The van der Waals surface area contributed by atoms with E-state index in [1.165, 1.54) is 4.88 Å². The molecule has 0 fully saturated rings. The van der Waals surface area contributed by atoms with Crippen molar-refractivity contribution < 1.29 is 4.52 Å². The predicted molar refractivity (Wildman–Crippen MR) is 60.4 cm³/mol. The first-order valence-corrected chi connectivity index (χ1v) is 5.54. The van der Waals surface area contributed by atoms with Crippen LogP contribution in [0.5, 0.6) is 0 Å². The molecule has 0 bridgehead atoms. The van der Waals surface area contributed by atoms with Crippen molar-refractivity contribution in [2.45, 2.75) is 13.1 Å². The van der Waals surface area contributed by atoms with E-state index in [2.05, 4.69) is 27.6 Å². The third-order valence-electron chi connectivity index (χ3n) is 2.01. The van der Waals surface area contributed by atoms with Crippen molar-refractivity contribution in [3.8, 4) is 0 Å². The molecular weight excluding hydrogens is 210 g/mol. The minimum absolute atomic E-state index is 0.439. The van der Waals surface area contributed by atoms with Gasteiger partial charge in [-0.05, 0) is 18.5 Å². The highest BCUT2D eigenvalue weighted by Gasteiger charge is 2.06. The molecule has 2 rings (SSSR count). The van der Waals surface area contributed by atoms with Gasteiger partial charge in [-0.3, -0.25) is 4.90 Å². The first kappa shape index (κ1) is 10.2. The molecule has 0 aliphatic carbocycles. The highest BCUT2D eigenvalue weighted by Crippen LogP contribution is 2.13. The van der Waals surface area contributed by atoms with Gasteiger partial charge in [0.05, 0.1) is 6.54 Å². The van der Waals surface area contributed by atoms with E-state index in [9.17, 15) is 0 Å². The molecule has 0 amide bonds. The fourth-order valence-corrected chi connectivity index (χ4v) is 2.18. The maximum Gasteiger partial charge on any atom is 0.167 e. The summed E-state index contributed by atoms with van der Waals surface area (Å²) in [5, 5.41) is 5.72. The molecule has 0 atom stereocenters. The Morgan fingerprint density at radius 1 is 1.53 bits per heavy atom. The van der Waals surface area contributed by atoms with Crippen LogP contribution in [0.1, 0.15) is 10.6 Å². The number of hydrogen-bond donors (Lipinski definition) is 1. The van der Waals surface area contributed by atoms with E-state index in [0.717, 1.165) is 18.8 Å². The summed E-state index contributed by atoms with van der Waals surface area (Å²) >= 11 is 1.75. The third kappa shape index (κ3) is 2.81. The molecule has 0 aromatic carbocycles. The van der Waals surface area contributed by atoms with E-state index < -0.39 is 0 Å². The second kappa shape index (κ2) is 4.46. The number of nitrogens with two attached hydrogens (primary N) is 1. The van der Waals surface area contributed by atoms with Crippen LogP contribution in [0.15, 0.2) is 28.1 Å². The van der Waals surface area contributed by atoms with E-state index in [0.29, 0.717) is 5.82 Å². The number of nitrogen functional groups attached to an aromatic ring is 1. The largest absolute Gasteiger partial charge is 0.381 e. The lowest BCUT2D eigenvalue weighted by molar-refractivity contribution is 0.269. The Bertz CT molecular complexity index is 410. The molecule has 15 heavy (non-hydrogen) atoms. The van der Waals surface area contributed by atoms with Gasteiger partial charge >= 0.3 is 0 Å². The topological polar surface area (TPSA) is 55.3 Å². The Morgan fingerprint density at radius 2 is 2.40 bits per heavy atom. The van der Waals surface area contributed by atoms with Crippen molar-refractivity contribution in [1.82, 2.24) is 10.1 Å². The van der Waals surface area contributed by atoms with Gasteiger partial charge in [0.1, 0.15) is 0 Å². The monoisotopic (exact) mass is 223 g/mol. The Hall–Kier alpha value is -1.33. The summed E-state index contributed by atoms with van der Waals surface area (Å²) in [5.41, 5.74) is 5.47. The van der Waals surface area contributed by atoms with Crippen molar-refractivity contribution in [2.75, 3.05) is 12.8 Å². The molecule has 0 unspecified atom stereocenters. The van der Waals surface area contributed by atoms with Crippen LogP contribution < -0.4 is 5.73 Å². The Labute approximate surface area is 92.3 Å². The Kier molecular flexibility index (Phi) is 3.03. The number of aromatic nitrogens is 1. The maximum absolute atomic E-state index is 5.47. The molecule has 2 N–H and O–H groups in total. The van der Waals surface area contributed by atoms with Gasteiger partial charge in [-0.15, -0.1) is 11.3 Å². The number of thiophene rings is 1. The molecule has 0 radical (unpaired) electrons. The second-order valence-corrected chi connectivity index (χ2v) is 4.50. The minimum Gasteiger partial charge on any atom is -0.381 e. The zero-order chi connectivity index (χ0) is 10.7. The number of nitrogens with zero attached hydrogens (tertiary/aromatic N) is 2. The average Bonchev–Trinajstić information content (AvgIpc) is 2.77. The van der Waals surface area contributed by atoms with Crippen LogP contribution in [0.2, 0.25) is 0 Å². The molecule has 0 spiro atoms. The quantitative estimate of drug-likeness (QED) is 0.860. The van der Waals surface area contributed by atoms with Crippen LogP contribution in [0.25, 0.3) is 0 Å². The maximum atomic E-state index is 5.47. The van der Waals surface area contributed by atoms with Gasteiger partial charge in [0, 0.05) is 17.5 Å². The van der Waals surface area contributed by atoms with Crippen LogP contribution in [0.3, 0.4) is 0 Å². The Balaban J connectivity index is 1.90. The average molecular weight is 223 g/mol. The van der Waals surface area contributed by atoms with E-state index in [-0.39, 0.29) is 0 Å². The third-order valence-corrected chi connectivity index (χ3v) is 2.87. The number of hydrogen-bond acceptors (Lipinski definition) is 5. The summed E-state index contributed by atoms with van der Waals surface area (Å²) < 4.78 is 5.04. The van der Waals surface area contributed by atoms with Crippen LogP contribution in [-0.2, 0) is 13.1 Å². The molecule has 2 aromatic heterocycles. The number of anilines is 1. The van der Waals surface area contributed by atoms with Gasteiger partial charge in [0.2, 0.25) is 0 Å². The van der Waals surface area contributed by atoms with Crippen LogP contribution in [0.4, 0.5) is 5.82 Å². The van der Waals surface area contributed by atoms with Crippen LogP contribution >= 0.6 is 11.3 Å². The minimum atomic E-state index is 0.439. The zero-order valence-corrected chi connectivity index (χ0v) is 9.33. The van der Waals surface area contributed by atoms with Crippen molar-refractivity contribution in [2.24, 2.45) is 0 Å². The zero-order valence-electron chi connectivity index (χ0n) is 8.51. The molecule has 4 nitrogen and oxygen atoms in total. The van der Waals surface area contributed by atoms with Crippen molar-refractivity contribution in [3.05, 3.63) is 34.2 Å². The van der Waals surface area contributed by atoms with Gasteiger partial charge in [-0.2, -0.15) is 0 Å². The molecule has 2 heterocycles. The molecule has 0 aliphatic rings. The summed E-state index contributed by atoms with van der Waals surface area (Å²) in [6.07, 6.45) is 0. The van der Waals surface area contributed by atoms with E-state index in [4.69, 9.17) is 10.3 Å². The molecule has 0 saturated heterocycles. The molecule has 80 valence electrons. The predicted octanol–water partition coefficient (Wildman–Crippen LogP) is 1.95. The van der Waals surface area contributed by atoms with E-state index >= 15 is 0 Å². The summed E-state index contributed by atoms with van der Waals surface area (Å²) in [5.74, 6) is 1.24. The summed E-state index contributed by atoms with van der Waals surface area (Å²) in [6, 6.07) is 5.93. The van der Waals surface area contributed by atoms with Crippen LogP contribution in [-0.4, -0.2) is 17.1 Å². The van der Waals surface area contributed by atoms with Crippen molar-refractivity contribution >= 4 is 17.2 Å². The van der Waals surface area contributed by atoms with Crippen molar-refractivity contribution in [3.63, 3.8) is 0 Å². The van der Waals surface area contributed by atoms with Gasteiger partial charge in [0.25, 0.3) is 0 Å². The lowest BCUT2D eigenvalue weighted by Gasteiger charge is -2.12. The summed E-state index contributed by atoms with van der Waals surface area (Å²) in [6.45, 7) is 1.64.